The van der Waals surface area contributed by atoms with Gasteiger partial charge in [0, 0.05) is 0 Å². The molecule has 1 heterocycles. The van der Waals surface area contributed by atoms with Crippen molar-refractivity contribution in [3.05, 3.63) is 0 Å². The normalized spacial score (nSPS) is 24.0. The summed E-state index contributed by atoms with van der Waals surface area (Å²) < 4.78 is 7.91. The summed E-state index contributed by atoms with van der Waals surface area (Å²) in [6.45, 7) is 3.41. The third kappa shape index (κ3) is 3.23. The molecule has 11 heavy (non-hydrogen) atoms. The van der Waals surface area contributed by atoms with E-state index in [2.05, 4.69) is 4.90 Å². The van der Waals surface area contributed by atoms with Gasteiger partial charge in [0.2, 0.25) is 0 Å². The van der Waals surface area contributed by atoms with Crippen LogP contribution in [0.25, 0.3) is 0 Å². The number of halogens is 1. The van der Waals surface area contributed by atoms with Gasteiger partial charge >= 0.3 is 75.5 Å². The van der Waals surface area contributed by atoms with Gasteiger partial charge in [-0.05, 0) is 0 Å². The molecule has 0 aromatic rings. The van der Waals surface area contributed by atoms with Crippen LogP contribution in [-0.2, 0) is 3.07 Å². The second kappa shape index (κ2) is 5.29. The number of β-amino-alcohol motifs (C(OH)–C–C–N with tert-alkyl or cyclic N) is 1. The summed E-state index contributed by atoms with van der Waals surface area (Å²) in [6.07, 6.45) is 0. The molecule has 0 aliphatic carbocycles. The van der Waals surface area contributed by atoms with Crippen molar-refractivity contribution in [2.45, 2.75) is 0 Å². The molecule has 1 fully saturated rings. The van der Waals surface area contributed by atoms with E-state index < -0.39 is 20.2 Å². The van der Waals surface area contributed by atoms with Crippen molar-refractivity contribution in [1.29, 1.82) is 0 Å². The van der Waals surface area contributed by atoms with Crippen LogP contribution in [-0.4, -0.2) is 52.2 Å². The van der Waals surface area contributed by atoms with Gasteiger partial charge in [-0.1, -0.05) is 0 Å². The summed E-state index contributed by atoms with van der Waals surface area (Å²) in [7, 11) is 1.84. The quantitative estimate of drug-likeness (QED) is 0.595. The fraction of sp³-hybridized carbons (Fsp3) is 1.00. The van der Waals surface area contributed by atoms with Crippen molar-refractivity contribution >= 4 is 20.2 Å². The van der Waals surface area contributed by atoms with Gasteiger partial charge in [-0.2, -0.15) is 0 Å². The third-order valence-electron chi connectivity index (χ3n) is 1.86. The van der Waals surface area contributed by atoms with Gasteiger partial charge in [-0.3, -0.25) is 0 Å². The van der Waals surface area contributed by atoms with E-state index in [0.717, 1.165) is 19.6 Å². The number of alkyl halides is 2. The Labute approximate surface area is 75.7 Å². The molecule has 68 valence electrons. The van der Waals surface area contributed by atoms with E-state index in [1.54, 1.807) is 0 Å². The van der Waals surface area contributed by atoms with Crippen LogP contribution in [0.2, 0.25) is 0 Å². The fourth-order valence-corrected chi connectivity index (χ4v) is 5.01. The van der Waals surface area contributed by atoms with E-state index in [-0.39, 0.29) is 0 Å². The molecule has 3 nitrogen and oxygen atoms in total. The average Bonchev–Trinajstić information content (AvgIpc) is 2.07. The minimum absolute atomic E-state index is 0.293. The fourth-order valence-electron chi connectivity index (χ4n) is 1.15. The van der Waals surface area contributed by atoms with E-state index in [4.69, 9.17) is 8.17 Å². The van der Waals surface area contributed by atoms with Gasteiger partial charge in [0.1, 0.15) is 0 Å². The monoisotopic (exact) mass is 273 g/mol. The Morgan fingerprint density at radius 3 is 2.55 bits per heavy atom. The second-order valence-corrected chi connectivity index (χ2v) is 7.87. The molecule has 0 atom stereocenters. The van der Waals surface area contributed by atoms with Crippen LogP contribution < -0.4 is 0 Å². The first kappa shape index (κ1) is 9.70. The van der Waals surface area contributed by atoms with E-state index in [1.165, 1.54) is 8.86 Å². The zero-order valence-corrected chi connectivity index (χ0v) is 9.08. The molecule has 0 aromatic carbocycles. The molecule has 0 saturated carbocycles. The van der Waals surface area contributed by atoms with Crippen LogP contribution in [0.15, 0.2) is 0 Å². The Kier molecular flexibility index (Phi) is 4.66. The van der Waals surface area contributed by atoms with Crippen LogP contribution in [0, 0.1) is 0 Å². The Bertz CT molecular complexity index is 105. The second-order valence-electron chi connectivity index (χ2n) is 2.50. The molecule has 4 heteroatoms. The summed E-state index contributed by atoms with van der Waals surface area (Å²) in [5, 5.41) is 8.68. The maximum atomic E-state index is 8.68. The van der Waals surface area contributed by atoms with Crippen molar-refractivity contribution in [3.63, 3.8) is 0 Å². The minimum atomic E-state index is -0.951. The molecule has 1 saturated heterocycles. The Morgan fingerprint density at radius 1 is 1.45 bits per heavy atom. The van der Waals surface area contributed by atoms with Crippen LogP contribution in [0.4, 0.5) is 0 Å². The summed E-state index contributed by atoms with van der Waals surface area (Å²) >= 11 is -0.951. The predicted octanol–water partition coefficient (Wildman–Crippen LogP) is 0.362. The zero-order chi connectivity index (χ0) is 8.10. The van der Waals surface area contributed by atoms with E-state index in [0.29, 0.717) is 6.61 Å². The van der Waals surface area contributed by atoms with Crippen molar-refractivity contribution < 1.29 is 8.17 Å². The molecule has 1 aliphatic rings. The standard InChI is InChI=1S/C7H16INO2/c1-11-8-2-4-9(5-3-8)6-7-10/h10H,2-7H2,1H3. The third-order valence-corrected chi connectivity index (χ3v) is 6.47. The first-order valence-corrected chi connectivity index (χ1v) is 7.79. The van der Waals surface area contributed by atoms with Crippen molar-refractivity contribution in [3.8, 4) is 0 Å². The van der Waals surface area contributed by atoms with E-state index >= 15 is 0 Å². The van der Waals surface area contributed by atoms with Gasteiger partial charge in [0.05, 0.1) is 0 Å². The molecule has 1 N–H and O–H groups in total. The Balaban J connectivity index is 2.14. The molecule has 1 rings (SSSR count). The van der Waals surface area contributed by atoms with Crippen LogP contribution in [0.1, 0.15) is 0 Å². The van der Waals surface area contributed by atoms with Gasteiger partial charge in [0.15, 0.2) is 0 Å². The van der Waals surface area contributed by atoms with Crippen molar-refractivity contribution in [2.75, 3.05) is 42.2 Å². The number of nitrogens with zero attached hydrogens (tertiary/aromatic N) is 1. The molecule has 0 unspecified atom stereocenters. The molecular formula is C7H16INO2. The molecule has 0 amide bonds. The van der Waals surface area contributed by atoms with Crippen LogP contribution >= 0.6 is 20.2 Å². The van der Waals surface area contributed by atoms with Gasteiger partial charge in [0.25, 0.3) is 0 Å². The topological polar surface area (TPSA) is 32.7 Å². The summed E-state index contributed by atoms with van der Waals surface area (Å²) in [5.74, 6) is 0. The summed E-state index contributed by atoms with van der Waals surface area (Å²) in [5.41, 5.74) is 0. The number of rotatable bonds is 3. The van der Waals surface area contributed by atoms with Crippen LogP contribution in [0.3, 0.4) is 0 Å². The number of hydrogen-bond acceptors (Lipinski definition) is 3. The maximum absolute atomic E-state index is 8.68. The average molecular weight is 273 g/mol. The number of aliphatic hydroxyl groups is 1. The van der Waals surface area contributed by atoms with Crippen LogP contribution in [0.5, 0.6) is 0 Å². The molecule has 0 spiro atoms. The molecular weight excluding hydrogens is 257 g/mol. The summed E-state index contributed by atoms with van der Waals surface area (Å²) in [4.78, 5) is 2.31. The van der Waals surface area contributed by atoms with Crippen molar-refractivity contribution in [1.82, 2.24) is 4.90 Å². The molecule has 1 aliphatic heterocycles. The Morgan fingerprint density at radius 2 is 2.09 bits per heavy atom. The van der Waals surface area contributed by atoms with Crippen molar-refractivity contribution in [2.24, 2.45) is 0 Å². The first-order valence-electron chi connectivity index (χ1n) is 3.86. The van der Waals surface area contributed by atoms with Gasteiger partial charge in [-0.25, -0.2) is 0 Å². The van der Waals surface area contributed by atoms with Gasteiger partial charge in [-0.15, -0.1) is 0 Å². The van der Waals surface area contributed by atoms with E-state index in [1.807, 2.05) is 7.11 Å². The number of hydrogen-bond donors (Lipinski definition) is 1. The van der Waals surface area contributed by atoms with Gasteiger partial charge < -0.3 is 0 Å². The summed E-state index contributed by atoms with van der Waals surface area (Å²) in [6, 6.07) is 0. The van der Waals surface area contributed by atoms with E-state index in [9.17, 15) is 0 Å². The molecule has 0 bridgehead atoms. The molecule has 0 radical (unpaired) electrons. The predicted molar refractivity (Wildman–Crippen MR) is 54.3 cm³/mol. The first-order chi connectivity index (χ1) is 5.36. The molecule has 0 aromatic heterocycles. The number of aliphatic hydroxyl groups excluding tert-OH is 1. The zero-order valence-electron chi connectivity index (χ0n) is 6.92. The SMILES string of the molecule is COI1CCN(CCO)CC1. The Hall–Kier alpha value is 0.610.